The molecule has 128 valence electrons. The Kier molecular flexibility index (Phi) is 5.22. The Hall–Kier alpha value is -2.25. The van der Waals surface area contributed by atoms with E-state index in [0.717, 1.165) is 44.0 Å². The summed E-state index contributed by atoms with van der Waals surface area (Å²) in [5.74, 6) is 1.46. The van der Waals surface area contributed by atoms with E-state index in [2.05, 4.69) is 37.0 Å². The molecule has 3 rings (SSSR count). The monoisotopic (exact) mass is 327 g/mol. The molecule has 1 fully saturated rings. The molecule has 3 N–H and O–H groups in total. The first-order chi connectivity index (χ1) is 11.6. The lowest BCUT2D eigenvalue weighted by molar-refractivity contribution is 0.129. The Morgan fingerprint density at radius 1 is 1.04 bits per heavy atom. The van der Waals surface area contributed by atoms with Crippen LogP contribution in [0.5, 0.6) is 0 Å². The molecule has 1 aliphatic heterocycles. The van der Waals surface area contributed by atoms with Gasteiger partial charge in [0, 0.05) is 31.9 Å². The molecule has 1 saturated heterocycles. The number of rotatable bonds is 5. The highest BCUT2D eigenvalue weighted by atomic mass is 15.3. The summed E-state index contributed by atoms with van der Waals surface area (Å²) >= 11 is 0. The van der Waals surface area contributed by atoms with Gasteiger partial charge in [0.1, 0.15) is 5.82 Å². The number of nitrogens with two attached hydrogens (primary N) is 1. The number of nitrogen functional groups attached to an aromatic ring is 1. The number of likely N-dealkylation sites (N-methyl/N-ethyl adjacent to an activating group) is 1. The smallest absolute Gasteiger partial charge is 0.232 e. The molecule has 24 heavy (non-hydrogen) atoms. The minimum Gasteiger partial charge on any atom is -0.368 e. The number of hydrogen-bond acceptors (Lipinski definition) is 7. The molecule has 0 saturated carbocycles. The molecule has 0 radical (unpaired) electrons. The maximum atomic E-state index is 5.87. The van der Waals surface area contributed by atoms with E-state index >= 15 is 0 Å². The minimum absolute atomic E-state index is 0.253. The predicted molar refractivity (Wildman–Crippen MR) is 96.1 cm³/mol. The Labute approximate surface area is 142 Å². The van der Waals surface area contributed by atoms with Crippen LogP contribution in [0.1, 0.15) is 18.3 Å². The number of piperazine rings is 1. The van der Waals surface area contributed by atoms with Crippen LogP contribution in [-0.4, -0.2) is 57.5 Å². The zero-order chi connectivity index (χ0) is 16.9. The number of benzene rings is 1. The van der Waals surface area contributed by atoms with E-state index in [9.17, 15) is 0 Å². The highest BCUT2D eigenvalue weighted by molar-refractivity contribution is 5.58. The van der Waals surface area contributed by atoms with Gasteiger partial charge >= 0.3 is 0 Å². The Morgan fingerprint density at radius 2 is 1.75 bits per heavy atom. The molecule has 1 aromatic heterocycles. The van der Waals surface area contributed by atoms with Crippen molar-refractivity contribution in [2.24, 2.45) is 0 Å². The van der Waals surface area contributed by atoms with Crippen molar-refractivity contribution in [3.8, 4) is 0 Å². The van der Waals surface area contributed by atoms with E-state index in [1.165, 1.54) is 0 Å². The van der Waals surface area contributed by atoms with Crippen molar-refractivity contribution in [2.45, 2.75) is 20.4 Å². The lowest BCUT2D eigenvalue weighted by Gasteiger charge is -2.33. The average Bonchev–Trinajstić information content (AvgIpc) is 2.57. The van der Waals surface area contributed by atoms with E-state index < -0.39 is 0 Å². The summed E-state index contributed by atoms with van der Waals surface area (Å²) in [6, 6.07) is 8.03. The van der Waals surface area contributed by atoms with Gasteiger partial charge in [0.05, 0.1) is 6.54 Å². The van der Waals surface area contributed by atoms with Gasteiger partial charge in [0.15, 0.2) is 0 Å². The Bertz CT molecular complexity index is 680. The van der Waals surface area contributed by atoms with Crippen LogP contribution in [-0.2, 0) is 6.54 Å². The number of nitrogens with one attached hydrogen (secondary N) is 1. The van der Waals surface area contributed by atoms with Crippen LogP contribution in [0.15, 0.2) is 24.3 Å². The van der Waals surface area contributed by atoms with Crippen LogP contribution >= 0.6 is 0 Å². The molecule has 2 heterocycles. The maximum absolute atomic E-state index is 5.87. The van der Waals surface area contributed by atoms with Gasteiger partial charge in [-0.15, -0.1) is 0 Å². The second kappa shape index (κ2) is 7.55. The van der Waals surface area contributed by atoms with Crippen molar-refractivity contribution >= 4 is 17.6 Å². The second-order valence-electron chi connectivity index (χ2n) is 6.08. The van der Waals surface area contributed by atoms with Crippen molar-refractivity contribution in [1.82, 2.24) is 24.8 Å². The highest BCUT2D eigenvalue weighted by Crippen LogP contribution is 2.18. The molecule has 7 heteroatoms. The first-order valence-corrected chi connectivity index (χ1v) is 8.42. The fourth-order valence-corrected chi connectivity index (χ4v) is 2.86. The van der Waals surface area contributed by atoms with Gasteiger partial charge in [-0.3, -0.25) is 4.90 Å². The van der Waals surface area contributed by atoms with Crippen molar-refractivity contribution < 1.29 is 0 Å². The fraction of sp³-hybridized carbons (Fsp3) is 0.471. The van der Waals surface area contributed by atoms with E-state index in [4.69, 9.17) is 5.73 Å². The summed E-state index contributed by atoms with van der Waals surface area (Å²) in [6.45, 7) is 10.3. The lowest BCUT2D eigenvalue weighted by atomic mass is 10.2. The molecule has 0 unspecified atom stereocenters. The minimum atomic E-state index is 0.253. The first kappa shape index (κ1) is 16.6. The van der Waals surface area contributed by atoms with E-state index in [-0.39, 0.29) is 5.95 Å². The van der Waals surface area contributed by atoms with Gasteiger partial charge in [-0.1, -0.05) is 25.1 Å². The molecule has 1 aliphatic rings. The Balaban J connectivity index is 1.69. The van der Waals surface area contributed by atoms with Crippen molar-refractivity contribution in [3.05, 3.63) is 35.7 Å². The van der Waals surface area contributed by atoms with Gasteiger partial charge in [0.25, 0.3) is 0 Å². The normalized spacial score (nSPS) is 16.2. The summed E-state index contributed by atoms with van der Waals surface area (Å²) in [4.78, 5) is 17.8. The van der Waals surface area contributed by atoms with Gasteiger partial charge in [0.2, 0.25) is 11.9 Å². The van der Waals surface area contributed by atoms with Gasteiger partial charge in [-0.25, -0.2) is 0 Å². The third-order valence-corrected chi connectivity index (χ3v) is 4.37. The maximum Gasteiger partial charge on any atom is 0.232 e. The molecule has 2 aromatic rings. The van der Waals surface area contributed by atoms with Crippen LogP contribution in [0.3, 0.4) is 0 Å². The van der Waals surface area contributed by atoms with Gasteiger partial charge in [-0.2, -0.15) is 15.0 Å². The topological polar surface area (TPSA) is 83.2 Å². The third kappa shape index (κ3) is 4.18. The van der Waals surface area contributed by atoms with E-state index in [0.29, 0.717) is 18.3 Å². The first-order valence-electron chi connectivity index (χ1n) is 8.42. The van der Waals surface area contributed by atoms with Crippen LogP contribution in [0.4, 0.5) is 17.6 Å². The van der Waals surface area contributed by atoms with Crippen LogP contribution in [0.25, 0.3) is 0 Å². The third-order valence-electron chi connectivity index (χ3n) is 4.37. The molecule has 0 aliphatic carbocycles. The summed E-state index contributed by atoms with van der Waals surface area (Å²) < 4.78 is 0. The van der Waals surface area contributed by atoms with Crippen molar-refractivity contribution in [3.63, 3.8) is 0 Å². The number of aromatic nitrogens is 3. The average molecular weight is 327 g/mol. The molecular weight excluding hydrogens is 302 g/mol. The predicted octanol–water partition coefficient (Wildman–Crippen LogP) is 1.64. The molecule has 1 aromatic carbocycles. The van der Waals surface area contributed by atoms with Crippen LogP contribution < -0.4 is 11.1 Å². The molecule has 0 atom stereocenters. The zero-order valence-electron chi connectivity index (χ0n) is 14.4. The van der Waals surface area contributed by atoms with E-state index in [1.807, 2.05) is 31.2 Å². The van der Waals surface area contributed by atoms with Crippen molar-refractivity contribution in [2.75, 3.05) is 43.8 Å². The molecule has 0 amide bonds. The van der Waals surface area contributed by atoms with Crippen molar-refractivity contribution in [1.29, 1.82) is 0 Å². The molecule has 0 bridgehead atoms. The standard InChI is InChI=1S/C17H25N7/c1-3-23-8-10-24(11-9-23)12-15-20-16(18)22-17(21-15)19-14-7-5-4-6-13(14)2/h4-7H,3,8-12H2,1-2H3,(H3,18,19,20,21,22). The largest absolute Gasteiger partial charge is 0.368 e. The number of para-hydroxylation sites is 1. The number of anilines is 3. The number of nitrogens with zero attached hydrogens (tertiary/aromatic N) is 5. The number of hydrogen-bond donors (Lipinski definition) is 2. The highest BCUT2D eigenvalue weighted by Gasteiger charge is 2.17. The quantitative estimate of drug-likeness (QED) is 0.864. The van der Waals surface area contributed by atoms with Crippen LogP contribution in [0.2, 0.25) is 0 Å². The molecular formula is C17H25N7. The van der Waals surface area contributed by atoms with Gasteiger partial charge in [-0.05, 0) is 25.1 Å². The zero-order valence-corrected chi connectivity index (χ0v) is 14.4. The fourth-order valence-electron chi connectivity index (χ4n) is 2.86. The molecule has 7 nitrogen and oxygen atoms in total. The summed E-state index contributed by atoms with van der Waals surface area (Å²) in [5.41, 5.74) is 7.98. The lowest BCUT2D eigenvalue weighted by Crippen LogP contribution is -2.45. The number of aryl methyl sites for hydroxylation is 1. The molecule has 0 spiro atoms. The summed E-state index contributed by atoms with van der Waals surface area (Å²) in [6.07, 6.45) is 0. The van der Waals surface area contributed by atoms with Crippen LogP contribution in [0, 0.1) is 6.92 Å². The van der Waals surface area contributed by atoms with E-state index in [1.54, 1.807) is 0 Å². The SMILES string of the molecule is CCN1CCN(Cc2nc(N)nc(Nc3ccccc3C)n2)CC1. The Morgan fingerprint density at radius 3 is 2.46 bits per heavy atom. The summed E-state index contributed by atoms with van der Waals surface area (Å²) in [5, 5.41) is 3.24. The van der Waals surface area contributed by atoms with Gasteiger partial charge < -0.3 is 16.0 Å². The summed E-state index contributed by atoms with van der Waals surface area (Å²) in [7, 11) is 0. The second-order valence-corrected chi connectivity index (χ2v) is 6.08.